The Balaban J connectivity index is 1.85. The van der Waals surface area contributed by atoms with E-state index in [4.69, 9.17) is 0 Å². The molecule has 0 bridgehead atoms. The molecule has 18 heavy (non-hydrogen) atoms. The summed E-state index contributed by atoms with van der Waals surface area (Å²) in [5.41, 5.74) is 0. The SMILES string of the molecule is CCN(CC)CCN1CCCC1C1CCCC1=O. The average molecular weight is 252 g/mol. The number of likely N-dealkylation sites (tertiary alicyclic amines) is 1. The van der Waals surface area contributed by atoms with Gasteiger partial charge in [-0.1, -0.05) is 13.8 Å². The molecular formula is C15H28N2O. The Morgan fingerprint density at radius 3 is 2.61 bits per heavy atom. The van der Waals surface area contributed by atoms with E-state index in [0.717, 1.165) is 45.4 Å². The molecule has 3 heteroatoms. The third-order valence-electron chi connectivity index (χ3n) is 4.83. The predicted octanol–water partition coefficient (Wildman–Crippen LogP) is 2.16. The summed E-state index contributed by atoms with van der Waals surface area (Å²) in [6, 6.07) is 0.565. The minimum atomic E-state index is 0.365. The van der Waals surface area contributed by atoms with Crippen LogP contribution in [0.2, 0.25) is 0 Å². The number of nitrogens with zero attached hydrogens (tertiary/aromatic N) is 2. The van der Waals surface area contributed by atoms with Crippen LogP contribution in [-0.4, -0.2) is 54.3 Å². The van der Waals surface area contributed by atoms with Gasteiger partial charge in [0.1, 0.15) is 5.78 Å². The van der Waals surface area contributed by atoms with Crippen LogP contribution in [0.25, 0.3) is 0 Å². The minimum absolute atomic E-state index is 0.365. The molecule has 3 nitrogen and oxygen atoms in total. The quantitative estimate of drug-likeness (QED) is 0.724. The van der Waals surface area contributed by atoms with Crippen LogP contribution in [0.4, 0.5) is 0 Å². The minimum Gasteiger partial charge on any atom is -0.303 e. The van der Waals surface area contributed by atoms with E-state index < -0.39 is 0 Å². The number of carbonyl (C=O) groups excluding carboxylic acids is 1. The van der Waals surface area contributed by atoms with Gasteiger partial charge < -0.3 is 4.90 Å². The van der Waals surface area contributed by atoms with E-state index in [2.05, 4.69) is 23.6 Å². The summed E-state index contributed by atoms with van der Waals surface area (Å²) in [5, 5.41) is 0. The molecule has 2 aliphatic rings. The molecule has 1 aliphatic heterocycles. The van der Waals surface area contributed by atoms with Crippen LogP contribution in [0.1, 0.15) is 46.0 Å². The number of likely N-dealkylation sites (N-methyl/N-ethyl adjacent to an activating group) is 1. The number of rotatable bonds is 6. The number of hydrogen-bond donors (Lipinski definition) is 0. The highest BCUT2D eigenvalue weighted by atomic mass is 16.1. The van der Waals surface area contributed by atoms with Gasteiger partial charge in [0.05, 0.1) is 0 Å². The fraction of sp³-hybridized carbons (Fsp3) is 0.933. The average Bonchev–Trinajstić information content (AvgIpc) is 2.99. The Morgan fingerprint density at radius 1 is 1.22 bits per heavy atom. The van der Waals surface area contributed by atoms with Crippen molar-refractivity contribution in [2.75, 3.05) is 32.7 Å². The van der Waals surface area contributed by atoms with Crippen molar-refractivity contribution < 1.29 is 4.79 Å². The highest BCUT2D eigenvalue weighted by molar-refractivity contribution is 5.83. The first-order valence-electron chi connectivity index (χ1n) is 7.75. The molecule has 2 atom stereocenters. The standard InChI is InChI=1S/C15H28N2O/c1-3-16(4-2)11-12-17-10-6-8-14(17)13-7-5-9-15(13)18/h13-14H,3-12H2,1-2H3. The van der Waals surface area contributed by atoms with Crippen molar-refractivity contribution in [3.05, 3.63) is 0 Å². The van der Waals surface area contributed by atoms with E-state index in [0.29, 0.717) is 17.7 Å². The summed E-state index contributed by atoms with van der Waals surface area (Å²) in [4.78, 5) is 17.0. The molecule has 2 unspecified atom stereocenters. The predicted molar refractivity (Wildman–Crippen MR) is 74.7 cm³/mol. The van der Waals surface area contributed by atoms with Crippen LogP contribution < -0.4 is 0 Å². The normalized spacial score (nSPS) is 29.6. The summed E-state index contributed by atoms with van der Waals surface area (Å²) in [6.07, 6.45) is 5.64. The summed E-state index contributed by atoms with van der Waals surface area (Å²) < 4.78 is 0. The van der Waals surface area contributed by atoms with Crippen LogP contribution in [0.3, 0.4) is 0 Å². The first-order chi connectivity index (χ1) is 8.76. The Morgan fingerprint density at radius 2 is 2.00 bits per heavy atom. The zero-order valence-corrected chi connectivity index (χ0v) is 12.0. The number of hydrogen-bond acceptors (Lipinski definition) is 3. The second-order valence-corrected chi connectivity index (χ2v) is 5.74. The maximum atomic E-state index is 11.9. The smallest absolute Gasteiger partial charge is 0.137 e. The van der Waals surface area contributed by atoms with E-state index in [-0.39, 0.29) is 0 Å². The van der Waals surface area contributed by atoms with E-state index in [9.17, 15) is 4.79 Å². The van der Waals surface area contributed by atoms with Crippen molar-refractivity contribution in [2.24, 2.45) is 5.92 Å². The maximum absolute atomic E-state index is 11.9. The second kappa shape index (κ2) is 6.67. The molecule has 0 aromatic rings. The third kappa shape index (κ3) is 3.12. The van der Waals surface area contributed by atoms with Gasteiger partial charge in [0.25, 0.3) is 0 Å². The zero-order chi connectivity index (χ0) is 13.0. The van der Waals surface area contributed by atoms with Gasteiger partial charge in [-0.15, -0.1) is 0 Å². The number of ketones is 1. The molecule has 0 aromatic carbocycles. The van der Waals surface area contributed by atoms with Gasteiger partial charge in [-0.25, -0.2) is 0 Å². The van der Waals surface area contributed by atoms with Crippen LogP contribution in [-0.2, 0) is 4.79 Å². The van der Waals surface area contributed by atoms with Crippen molar-refractivity contribution >= 4 is 5.78 Å². The Bertz CT molecular complexity index is 276. The number of carbonyl (C=O) groups is 1. The molecule has 1 aliphatic carbocycles. The van der Waals surface area contributed by atoms with Gasteiger partial charge in [-0.05, 0) is 45.3 Å². The van der Waals surface area contributed by atoms with Crippen molar-refractivity contribution in [3.63, 3.8) is 0 Å². The molecule has 2 rings (SSSR count). The Kier molecular flexibility index (Phi) is 5.19. The lowest BCUT2D eigenvalue weighted by Gasteiger charge is -2.30. The van der Waals surface area contributed by atoms with Gasteiger partial charge in [-0.3, -0.25) is 9.69 Å². The lowest BCUT2D eigenvalue weighted by Crippen LogP contribution is -2.42. The molecule has 0 radical (unpaired) electrons. The molecule has 0 amide bonds. The summed E-state index contributed by atoms with van der Waals surface area (Å²) in [7, 11) is 0. The monoisotopic (exact) mass is 252 g/mol. The van der Waals surface area contributed by atoms with E-state index in [1.807, 2.05) is 0 Å². The largest absolute Gasteiger partial charge is 0.303 e. The van der Waals surface area contributed by atoms with Crippen LogP contribution >= 0.6 is 0 Å². The van der Waals surface area contributed by atoms with Crippen molar-refractivity contribution in [1.29, 1.82) is 0 Å². The fourth-order valence-corrected chi connectivity index (χ4v) is 3.64. The third-order valence-corrected chi connectivity index (χ3v) is 4.83. The molecule has 104 valence electrons. The van der Waals surface area contributed by atoms with Gasteiger partial charge in [-0.2, -0.15) is 0 Å². The zero-order valence-electron chi connectivity index (χ0n) is 12.0. The summed E-state index contributed by atoms with van der Waals surface area (Å²) in [6.45, 7) is 10.2. The highest BCUT2D eigenvalue weighted by Crippen LogP contribution is 2.32. The van der Waals surface area contributed by atoms with E-state index >= 15 is 0 Å². The Labute approximate surface area is 112 Å². The lowest BCUT2D eigenvalue weighted by molar-refractivity contribution is -0.122. The summed E-state index contributed by atoms with van der Waals surface area (Å²) >= 11 is 0. The van der Waals surface area contributed by atoms with Crippen molar-refractivity contribution in [1.82, 2.24) is 9.80 Å². The van der Waals surface area contributed by atoms with Crippen LogP contribution in [0, 0.1) is 5.92 Å². The molecular weight excluding hydrogens is 224 g/mol. The number of Topliss-reactive ketones (excluding diaryl/α,β-unsaturated/α-hetero) is 1. The molecule has 2 fully saturated rings. The molecule has 1 heterocycles. The van der Waals surface area contributed by atoms with Gasteiger partial charge in [0, 0.05) is 31.5 Å². The lowest BCUT2D eigenvalue weighted by atomic mass is 9.95. The molecule has 1 saturated heterocycles. The van der Waals surface area contributed by atoms with Crippen LogP contribution in [0.15, 0.2) is 0 Å². The molecule has 1 saturated carbocycles. The van der Waals surface area contributed by atoms with Crippen LogP contribution in [0.5, 0.6) is 0 Å². The van der Waals surface area contributed by atoms with E-state index in [1.165, 1.54) is 19.4 Å². The fourth-order valence-electron chi connectivity index (χ4n) is 3.64. The molecule has 0 aromatic heterocycles. The van der Waals surface area contributed by atoms with Gasteiger partial charge in [0.2, 0.25) is 0 Å². The first-order valence-corrected chi connectivity index (χ1v) is 7.75. The van der Waals surface area contributed by atoms with Crippen molar-refractivity contribution in [3.8, 4) is 0 Å². The second-order valence-electron chi connectivity index (χ2n) is 5.74. The van der Waals surface area contributed by atoms with Crippen molar-refractivity contribution in [2.45, 2.75) is 52.0 Å². The van der Waals surface area contributed by atoms with Gasteiger partial charge in [0.15, 0.2) is 0 Å². The first kappa shape index (κ1) is 14.0. The van der Waals surface area contributed by atoms with Gasteiger partial charge >= 0.3 is 0 Å². The summed E-state index contributed by atoms with van der Waals surface area (Å²) in [5.74, 6) is 0.902. The highest BCUT2D eigenvalue weighted by Gasteiger charge is 2.37. The van der Waals surface area contributed by atoms with E-state index in [1.54, 1.807) is 0 Å². The topological polar surface area (TPSA) is 23.6 Å². The maximum Gasteiger partial charge on any atom is 0.137 e. The molecule has 0 N–H and O–H groups in total. The Hall–Kier alpha value is -0.410. The molecule has 0 spiro atoms.